The third kappa shape index (κ3) is 3.30. The maximum Gasteiger partial charge on any atom is 0.310 e. The molecule has 4 fully saturated rings. The average Bonchev–Trinajstić information content (AvgIpc) is 2.87. The van der Waals surface area contributed by atoms with Crippen LogP contribution >= 0.6 is 0 Å². The van der Waals surface area contributed by atoms with Crippen molar-refractivity contribution in [2.24, 2.45) is 34.5 Å². The number of esters is 2. The Bertz CT molecular complexity index is 780. The van der Waals surface area contributed by atoms with Crippen molar-refractivity contribution in [3.63, 3.8) is 0 Å². The molecule has 0 amide bonds. The summed E-state index contributed by atoms with van der Waals surface area (Å²) in [6, 6.07) is 0. The molecule has 174 valence electrons. The van der Waals surface area contributed by atoms with E-state index in [4.69, 9.17) is 9.47 Å². The minimum atomic E-state index is -1.17. The van der Waals surface area contributed by atoms with E-state index in [1.807, 2.05) is 6.92 Å². The van der Waals surface area contributed by atoms with Crippen molar-refractivity contribution in [3.05, 3.63) is 0 Å². The van der Waals surface area contributed by atoms with Crippen LogP contribution in [-0.2, 0) is 23.9 Å². The van der Waals surface area contributed by atoms with Gasteiger partial charge in [0.25, 0.3) is 0 Å². The Kier molecular flexibility index (Phi) is 5.43. The predicted molar refractivity (Wildman–Crippen MR) is 111 cm³/mol. The Labute approximate surface area is 183 Å². The molecule has 0 spiro atoms. The number of carbonyl (C=O) groups excluding carboxylic acids is 2. The molecule has 31 heavy (non-hydrogen) atoms. The van der Waals surface area contributed by atoms with Gasteiger partial charge in [-0.25, -0.2) is 0 Å². The maximum absolute atomic E-state index is 12.2. The van der Waals surface area contributed by atoms with Crippen LogP contribution < -0.4 is 0 Å². The smallest absolute Gasteiger partial charge is 0.310 e. The number of hydrogen-bond acceptors (Lipinski definition) is 6. The lowest BCUT2D eigenvalue weighted by Crippen LogP contribution is -2.62. The number of fused-ring (bicyclic) bond motifs is 5. The van der Waals surface area contributed by atoms with Crippen molar-refractivity contribution in [1.82, 2.24) is 0 Å². The molecule has 0 heterocycles. The summed E-state index contributed by atoms with van der Waals surface area (Å²) in [6.45, 7) is 6.96. The number of carboxylic acids is 1. The van der Waals surface area contributed by atoms with E-state index in [1.165, 1.54) is 13.8 Å². The molecular formula is C24H36O7. The molecular weight excluding hydrogens is 400 g/mol. The zero-order valence-electron chi connectivity index (χ0n) is 19.1. The molecule has 9 atom stereocenters. The molecule has 4 saturated carbocycles. The fourth-order valence-corrected chi connectivity index (χ4v) is 8.30. The minimum absolute atomic E-state index is 0.0137. The highest BCUT2D eigenvalue weighted by molar-refractivity contribution is 5.74. The molecule has 4 aliphatic carbocycles. The van der Waals surface area contributed by atoms with E-state index in [9.17, 15) is 24.6 Å². The molecule has 0 aromatic carbocycles. The Balaban J connectivity index is 1.63. The highest BCUT2D eigenvalue weighted by Gasteiger charge is 2.71. The lowest BCUT2D eigenvalue weighted by atomic mass is 9.43. The maximum atomic E-state index is 12.2. The van der Waals surface area contributed by atoms with Crippen LogP contribution in [0.1, 0.15) is 79.1 Å². The summed E-state index contributed by atoms with van der Waals surface area (Å²) in [7, 11) is 0. The first-order valence-electron chi connectivity index (χ1n) is 11.7. The zero-order valence-corrected chi connectivity index (χ0v) is 19.1. The first-order chi connectivity index (χ1) is 14.4. The Morgan fingerprint density at radius 1 is 0.903 bits per heavy atom. The molecule has 0 bridgehead atoms. The zero-order chi connectivity index (χ0) is 22.8. The third-order valence-corrected chi connectivity index (χ3v) is 9.71. The second-order valence-electron chi connectivity index (χ2n) is 11.0. The number of rotatable bonds is 3. The van der Waals surface area contributed by atoms with Crippen molar-refractivity contribution in [2.45, 2.75) is 96.9 Å². The van der Waals surface area contributed by atoms with Crippen LogP contribution in [0.15, 0.2) is 0 Å². The average molecular weight is 437 g/mol. The second-order valence-corrected chi connectivity index (χ2v) is 11.0. The lowest BCUT2D eigenvalue weighted by Gasteiger charge is -2.63. The van der Waals surface area contributed by atoms with Gasteiger partial charge >= 0.3 is 17.9 Å². The van der Waals surface area contributed by atoms with Crippen LogP contribution in [0.4, 0.5) is 0 Å². The van der Waals surface area contributed by atoms with Gasteiger partial charge in [0.05, 0.1) is 5.60 Å². The summed E-state index contributed by atoms with van der Waals surface area (Å²) in [6.07, 6.45) is 5.24. The van der Waals surface area contributed by atoms with Gasteiger partial charge in [0.15, 0.2) is 0 Å². The summed E-state index contributed by atoms with van der Waals surface area (Å²) in [5, 5.41) is 22.1. The Hall–Kier alpha value is -1.63. The van der Waals surface area contributed by atoms with Gasteiger partial charge in [-0.2, -0.15) is 0 Å². The van der Waals surface area contributed by atoms with Crippen molar-refractivity contribution in [1.29, 1.82) is 0 Å². The molecule has 0 aromatic heterocycles. The molecule has 7 nitrogen and oxygen atoms in total. The molecule has 2 unspecified atom stereocenters. The van der Waals surface area contributed by atoms with E-state index < -0.39 is 35.0 Å². The SMILES string of the molecule is CC(=O)O[C@@H]1CC[C@]2(C)C3CC[C@]4(C)[C@@H](C(=O)O)[C@@H](OC(C)=O)C[C@]4(O)C3CC[C@@H]2C1. The summed E-state index contributed by atoms with van der Waals surface area (Å²) < 4.78 is 11.0. The third-order valence-electron chi connectivity index (χ3n) is 9.71. The van der Waals surface area contributed by atoms with Crippen LogP contribution in [0.5, 0.6) is 0 Å². The van der Waals surface area contributed by atoms with Crippen LogP contribution in [0.2, 0.25) is 0 Å². The van der Waals surface area contributed by atoms with Gasteiger partial charge in [0.2, 0.25) is 0 Å². The highest BCUT2D eigenvalue weighted by Crippen LogP contribution is 2.69. The van der Waals surface area contributed by atoms with Gasteiger partial charge in [-0.15, -0.1) is 0 Å². The molecule has 4 aliphatic rings. The van der Waals surface area contributed by atoms with Crippen LogP contribution in [-0.4, -0.2) is 45.9 Å². The summed E-state index contributed by atoms with van der Waals surface area (Å²) in [4.78, 5) is 35.3. The van der Waals surface area contributed by atoms with Crippen molar-refractivity contribution in [2.75, 3.05) is 0 Å². The standard InChI is InChI=1S/C24H36O7/c1-13(25)30-16-7-9-22(3)15(11-16)5-6-18-17(22)8-10-23(4)20(21(27)28)19(31-14(2)26)12-24(18,23)29/h15-20,29H,5-12H2,1-4H3,(H,27,28)/t15-,16-,17?,18?,19+,20-,22+,23-,24+/m1/s1. The van der Waals surface area contributed by atoms with Gasteiger partial charge in [-0.3, -0.25) is 14.4 Å². The Morgan fingerprint density at radius 3 is 2.19 bits per heavy atom. The molecule has 0 saturated heterocycles. The summed E-state index contributed by atoms with van der Waals surface area (Å²) in [5.41, 5.74) is -1.95. The van der Waals surface area contributed by atoms with E-state index in [-0.39, 0.29) is 35.7 Å². The monoisotopic (exact) mass is 436 g/mol. The van der Waals surface area contributed by atoms with E-state index in [0.29, 0.717) is 12.3 Å². The fourth-order valence-electron chi connectivity index (χ4n) is 8.30. The molecule has 0 radical (unpaired) electrons. The van der Waals surface area contributed by atoms with E-state index >= 15 is 0 Å². The first kappa shape index (κ1) is 22.6. The lowest BCUT2D eigenvalue weighted by molar-refractivity contribution is -0.214. The number of aliphatic carboxylic acids is 1. The van der Waals surface area contributed by atoms with Crippen LogP contribution in [0.25, 0.3) is 0 Å². The van der Waals surface area contributed by atoms with E-state index in [2.05, 4.69) is 6.92 Å². The predicted octanol–water partition coefficient (Wildman–Crippen LogP) is 3.32. The number of aliphatic hydroxyl groups is 1. The number of carbonyl (C=O) groups is 3. The molecule has 7 heteroatoms. The fraction of sp³-hybridized carbons (Fsp3) is 0.875. The molecule has 4 rings (SSSR count). The number of ether oxygens (including phenoxy) is 2. The van der Waals surface area contributed by atoms with E-state index in [1.54, 1.807) is 0 Å². The summed E-state index contributed by atoms with van der Waals surface area (Å²) in [5.74, 6) is -1.92. The topological polar surface area (TPSA) is 110 Å². The molecule has 2 N–H and O–H groups in total. The molecule has 0 aromatic rings. The largest absolute Gasteiger partial charge is 0.481 e. The second kappa shape index (κ2) is 7.46. The number of carboxylic acid groups (broad SMARTS) is 1. The van der Waals surface area contributed by atoms with Gasteiger partial charge in [0.1, 0.15) is 18.1 Å². The van der Waals surface area contributed by atoms with Crippen molar-refractivity contribution >= 4 is 17.9 Å². The van der Waals surface area contributed by atoms with Gasteiger partial charge in [0, 0.05) is 25.7 Å². The normalized spacial score (nSPS) is 48.7. The minimum Gasteiger partial charge on any atom is -0.481 e. The van der Waals surface area contributed by atoms with Crippen molar-refractivity contribution in [3.8, 4) is 0 Å². The van der Waals surface area contributed by atoms with Gasteiger partial charge in [-0.1, -0.05) is 13.8 Å². The van der Waals surface area contributed by atoms with E-state index in [0.717, 1.165) is 38.5 Å². The quantitative estimate of drug-likeness (QED) is 0.653. The van der Waals surface area contributed by atoms with Crippen LogP contribution in [0.3, 0.4) is 0 Å². The van der Waals surface area contributed by atoms with Crippen molar-refractivity contribution < 1.29 is 34.1 Å². The van der Waals surface area contributed by atoms with Gasteiger partial charge < -0.3 is 19.7 Å². The van der Waals surface area contributed by atoms with Gasteiger partial charge in [-0.05, 0) is 68.1 Å². The first-order valence-corrected chi connectivity index (χ1v) is 11.7. The van der Waals surface area contributed by atoms with Crippen LogP contribution in [0, 0.1) is 34.5 Å². The molecule has 0 aliphatic heterocycles. The Morgan fingerprint density at radius 2 is 1.58 bits per heavy atom. The highest BCUT2D eigenvalue weighted by atomic mass is 16.5. The summed E-state index contributed by atoms with van der Waals surface area (Å²) >= 11 is 0. The number of hydrogen-bond donors (Lipinski definition) is 2.